The van der Waals surface area contributed by atoms with E-state index in [0.29, 0.717) is 0 Å². The van der Waals surface area contributed by atoms with Crippen molar-refractivity contribution in [3.05, 3.63) is 0 Å². The molecule has 4 nitrogen and oxygen atoms in total. The number of nitrogens with one attached hydrogen (secondary N) is 1. The second-order valence-electron chi connectivity index (χ2n) is 1.66. The van der Waals surface area contributed by atoms with Gasteiger partial charge in [-0.2, -0.15) is 0 Å². The van der Waals surface area contributed by atoms with Gasteiger partial charge < -0.3 is 4.74 Å². The molecule has 1 heterocycles. The van der Waals surface area contributed by atoms with E-state index in [1.54, 1.807) is 0 Å². The number of hydrogen-bond acceptors (Lipinski definition) is 4. The molecule has 1 amide bonds. The van der Waals surface area contributed by atoms with Crippen LogP contribution in [0.1, 0.15) is 6.42 Å². The van der Waals surface area contributed by atoms with Gasteiger partial charge >= 0.3 is 5.97 Å². The molecule has 0 aromatic heterocycles. The molecule has 0 aliphatic carbocycles. The van der Waals surface area contributed by atoms with Gasteiger partial charge in [-0.15, -0.1) is 0 Å². The Balaban J connectivity index is 2.31. The summed E-state index contributed by atoms with van der Waals surface area (Å²) in [5.74, 6) is -0.699. The lowest BCUT2D eigenvalue weighted by molar-refractivity contribution is -0.174. The first-order valence-corrected chi connectivity index (χ1v) is 2.82. The molecule has 1 saturated heterocycles. The fourth-order valence-electron chi connectivity index (χ4n) is 0.519. The quantitative estimate of drug-likeness (QED) is 0.379. The molecule has 50 valence electrons. The Hall–Kier alpha value is -0.710. The lowest BCUT2D eigenvalue weighted by Crippen LogP contribution is -2.43. The van der Waals surface area contributed by atoms with E-state index in [2.05, 4.69) is 22.3 Å². The molecule has 9 heavy (non-hydrogen) atoms. The molecule has 5 heteroatoms. The molecule has 1 N–H and O–H groups in total. The normalized spacial score (nSPS) is 24.1. The van der Waals surface area contributed by atoms with Crippen LogP contribution >= 0.6 is 12.8 Å². The van der Waals surface area contributed by atoms with Crippen molar-refractivity contribution < 1.29 is 14.3 Å². The topological polar surface area (TPSA) is 55.4 Å². The number of ether oxygens (including phenoxy) is 1. The van der Waals surface area contributed by atoms with Gasteiger partial charge in [0.2, 0.25) is 0 Å². The maximum Gasteiger partial charge on any atom is 0.310 e. The number of thiol groups is 1. The molecule has 0 saturated carbocycles. The zero-order valence-corrected chi connectivity index (χ0v) is 5.35. The molecule has 0 aromatic carbocycles. The number of amides is 1. The van der Waals surface area contributed by atoms with Gasteiger partial charge in [0, 0.05) is 0 Å². The van der Waals surface area contributed by atoms with Gasteiger partial charge in [-0.3, -0.25) is 14.3 Å². The zero-order chi connectivity index (χ0) is 6.85. The predicted octanol–water partition coefficient (Wildman–Crippen LogP) is -0.737. The minimum atomic E-state index is -0.602. The number of esters is 1. The van der Waals surface area contributed by atoms with E-state index in [0.717, 1.165) is 0 Å². The first-order valence-electron chi connectivity index (χ1n) is 2.37. The molecule has 1 aliphatic rings. The Morgan fingerprint density at radius 3 is 2.78 bits per heavy atom. The van der Waals surface area contributed by atoms with Crippen LogP contribution in [0.25, 0.3) is 0 Å². The summed E-state index contributed by atoms with van der Waals surface area (Å²) in [5.41, 5.74) is 0. The molecule has 1 unspecified atom stereocenters. The Morgan fingerprint density at radius 1 is 1.89 bits per heavy atom. The molecule has 0 aromatic rings. The second kappa shape index (κ2) is 2.26. The third-order valence-electron chi connectivity index (χ3n) is 1.03. The van der Waals surface area contributed by atoms with Crippen molar-refractivity contribution in [1.29, 1.82) is 0 Å². The van der Waals surface area contributed by atoms with Crippen molar-refractivity contribution in [2.75, 3.05) is 0 Å². The molecule has 1 rings (SSSR count). The largest absolute Gasteiger partial charge is 0.451 e. The van der Waals surface area contributed by atoms with Crippen LogP contribution in [0.2, 0.25) is 0 Å². The monoisotopic (exact) mass is 147 g/mol. The molecule has 0 spiro atoms. The number of rotatable bonds is 1. The van der Waals surface area contributed by atoms with Gasteiger partial charge in [-0.1, -0.05) is 12.8 Å². The van der Waals surface area contributed by atoms with Crippen LogP contribution in [0.3, 0.4) is 0 Å². The fraction of sp³-hybridized carbons (Fsp3) is 0.500. The molecule has 1 aliphatic heterocycles. The van der Waals surface area contributed by atoms with Crippen molar-refractivity contribution in [1.82, 2.24) is 4.72 Å². The van der Waals surface area contributed by atoms with E-state index >= 15 is 0 Å². The second-order valence-corrected chi connectivity index (χ2v) is 1.88. The molecular formula is C4H5NO3S. The molecule has 1 atom stereocenters. The highest BCUT2D eigenvalue weighted by Crippen LogP contribution is 2.12. The Morgan fingerprint density at radius 2 is 2.44 bits per heavy atom. The highest BCUT2D eigenvalue weighted by Gasteiger charge is 2.34. The highest BCUT2D eigenvalue weighted by atomic mass is 32.1. The Bertz CT molecular complexity index is 150. The average Bonchev–Trinajstić information content (AvgIpc) is 1.79. The summed E-state index contributed by atoms with van der Waals surface area (Å²) in [4.78, 5) is 20.6. The maximum absolute atomic E-state index is 10.5. The van der Waals surface area contributed by atoms with Crippen molar-refractivity contribution in [2.45, 2.75) is 12.5 Å². The van der Waals surface area contributed by atoms with Crippen LogP contribution in [-0.4, -0.2) is 18.0 Å². The lowest BCUT2D eigenvalue weighted by atomic mass is 10.2. The third kappa shape index (κ3) is 1.16. The number of hydrogen-bond donors (Lipinski definition) is 2. The van der Waals surface area contributed by atoms with E-state index in [9.17, 15) is 9.59 Å². The van der Waals surface area contributed by atoms with Gasteiger partial charge in [0.05, 0.1) is 6.42 Å². The van der Waals surface area contributed by atoms with E-state index < -0.39 is 6.10 Å². The standard InChI is InChI=1S/C4H5NO3S/c6-3-1-2(8-3)4(7)5-9/h2,9H,1H2,(H,5,7). The van der Waals surface area contributed by atoms with Gasteiger partial charge in [-0.25, -0.2) is 0 Å². The summed E-state index contributed by atoms with van der Waals surface area (Å²) in [6, 6.07) is 0. The van der Waals surface area contributed by atoms with E-state index in [-0.39, 0.29) is 18.3 Å². The van der Waals surface area contributed by atoms with Crippen molar-refractivity contribution in [3.63, 3.8) is 0 Å². The van der Waals surface area contributed by atoms with Gasteiger partial charge in [0.1, 0.15) is 0 Å². The van der Waals surface area contributed by atoms with Gasteiger partial charge in [-0.05, 0) is 0 Å². The Kier molecular flexibility index (Phi) is 1.61. The number of carbonyl (C=O) groups is 2. The maximum atomic E-state index is 10.5. The summed E-state index contributed by atoms with van der Waals surface area (Å²) in [5, 5.41) is 0. The molecule has 1 fully saturated rings. The van der Waals surface area contributed by atoms with Crippen molar-refractivity contribution in [2.24, 2.45) is 0 Å². The fourth-order valence-corrected chi connectivity index (χ4v) is 0.663. The van der Waals surface area contributed by atoms with Gasteiger partial charge in [0.15, 0.2) is 6.10 Å². The van der Waals surface area contributed by atoms with Crippen LogP contribution in [0.5, 0.6) is 0 Å². The molecule has 0 radical (unpaired) electrons. The predicted molar refractivity (Wildman–Crippen MR) is 31.6 cm³/mol. The Labute approximate surface area is 57.1 Å². The number of carbonyl (C=O) groups excluding carboxylic acids is 2. The van der Waals surface area contributed by atoms with Crippen LogP contribution in [0, 0.1) is 0 Å². The van der Waals surface area contributed by atoms with Crippen LogP contribution < -0.4 is 4.72 Å². The highest BCUT2D eigenvalue weighted by molar-refractivity contribution is 7.78. The van der Waals surface area contributed by atoms with E-state index in [1.807, 2.05) is 0 Å². The smallest absolute Gasteiger partial charge is 0.310 e. The van der Waals surface area contributed by atoms with Crippen molar-refractivity contribution >= 4 is 24.7 Å². The van der Waals surface area contributed by atoms with E-state index in [1.165, 1.54) is 0 Å². The molecule has 0 bridgehead atoms. The minimum Gasteiger partial charge on any atom is -0.451 e. The first kappa shape index (κ1) is 6.41. The minimum absolute atomic E-state index is 0.173. The number of cyclic esters (lactones) is 1. The van der Waals surface area contributed by atoms with Crippen LogP contribution in [0.15, 0.2) is 0 Å². The SMILES string of the molecule is O=C1CC(C(=O)NS)O1. The third-order valence-corrected chi connectivity index (χ3v) is 1.25. The first-order chi connectivity index (χ1) is 4.24. The summed E-state index contributed by atoms with van der Waals surface area (Å²) in [6.45, 7) is 0. The summed E-state index contributed by atoms with van der Waals surface area (Å²) in [6.07, 6.45) is -0.429. The molecular weight excluding hydrogens is 142 g/mol. The average molecular weight is 147 g/mol. The summed E-state index contributed by atoms with van der Waals surface area (Å²) in [7, 11) is 0. The van der Waals surface area contributed by atoms with Crippen molar-refractivity contribution in [3.8, 4) is 0 Å². The van der Waals surface area contributed by atoms with Gasteiger partial charge in [0.25, 0.3) is 5.91 Å². The summed E-state index contributed by atoms with van der Waals surface area (Å²) >= 11 is 3.48. The van der Waals surface area contributed by atoms with Crippen LogP contribution in [-0.2, 0) is 14.3 Å². The van der Waals surface area contributed by atoms with E-state index in [4.69, 9.17) is 0 Å². The summed E-state index contributed by atoms with van der Waals surface area (Å²) < 4.78 is 6.46. The van der Waals surface area contributed by atoms with Crippen LogP contribution in [0.4, 0.5) is 0 Å². The lowest BCUT2D eigenvalue weighted by Gasteiger charge is -2.22. The zero-order valence-electron chi connectivity index (χ0n) is 4.46.